The van der Waals surface area contributed by atoms with Gasteiger partial charge >= 0.3 is 0 Å². The largest absolute Gasteiger partial charge is 0.394 e. The lowest BCUT2D eigenvalue weighted by molar-refractivity contribution is 0.248. The molecule has 3 rings (SSSR count). The molecule has 1 atom stereocenters. The van der Waals surface area contributed by atoms with Gasteiger partial charge in [0.15, 0.2) is 0 Å². The fourth-order valence-electron chi connectivity index (χ4n) is 2.47. The van der Waals surface area contributed by atoms with Gasteiger partial charge in [0, 0.05) is 12.0 Å². The fourth-order valence-corrected chi connectivity index (χ4v) is 2.47. The molecule has 1 aliphatic rings. The third-order valence-corrected chi connectivity index (χ3v) is 4.19. The summed E-state index contributed by atoms with van der Waals surface area (Å²) in [6.07, 6.45) is 2.23. The number of benzene rings is 1. The Bertz CT molecular complexity index is 703. The summed E-state index contributed by atoms with van der Waals surface area (Å²) >= 11 is 0. The average molecular weight is 330 g/mol. The van der Waals surface area contributed by atoms with Gasteiger partial charge in [0.25, 0.3) is 0 Å². The van der Waals surface area contributed by atoms with Crippen molar-refractivity contribution in [2.75, 3.05) is 17.2 Å². The van der Waals surface area contributed by atoms with Crippen molar-refractivity contribution in [3.05, 3.63) is 41.8 Å². The molecule has 0 aliphatic heterocycles. The zero-order chi connectivity index (χ0) is 17.1. The Balaban J connectivity index is 1.87. The number of aliphatic hydroxyl groups excluding tert-OH is 1. The molecule has 5 nitrogen and oxygen atoms in total. The standard InChI is InChI=1S/C18H23FN4O/c1-11(2)16(10-24)22-18-21-15(12-7-8-12)9-17(23-18)20-14-6-4-3-5-13(14)19/h3-6,9,11-12,16,24H,7-8,10H2,1-2H3,(H2,20,21,22,23)/t16-/m0/s1. The van der Waals surface area contributed by atoms with Crippen molar-refractivity contribution in [1.82, 2.24) is 9.97 Å². The molecule has 1 fully saturated rings. The summed E-state index contributed by atoms with van der Waals surface area (Å²) < 4.78 is 13.9. The Kier molecular flexibility index (Phi) is 4.94. The first-order chi connectivity index (χ1) is 11.6. The highest BCUT2D eigenvalue weighted by Gasteiger charge is 2.26. The summed E-state index contributed by atoms with van der Waals surface area (Å²) in [6.45, 7) is 4.05. The molecule has 1 aliphatic carbocycles. The number of para-hydroxylation sites is 1. The molecular weight excluding hydrogens is 307 g/mol. The van der Waals surface area contributed by atoms with Crippen molar-refractivity contribution in [3.63, 3.8) is 0 Å². The Morgan fingerprint density at radius 1 is 1.25 bits per heavy atom. The molecule has 1 aromatic heterocycles. The molecule has 6 heteroatoms. The van der Waals surface area contributed by atoms with Gasteiger partial charge in [-0.3, -0.25) is 0 Å². The predicted octanol–water partition coefficient (Wildman–Crippen LogP) is 3.67. The molecule has 0 bridgehead atoms. The Labute approximate surface area is 141 Å². The van der Waals surface area contributed by atoms with E-state index in [2.05, 4.69) is 20.6 Å². The summed E-state index contributed by atoms with van der Waals surface area (Å²) in [7, 11) is 0. The highest BCUT2D eigenvalue weighted by molar-refractivity contribution is 5.58. The van der Waals surface area contributed by atoms with E-state index in [1.54, 1.807) is 18.2 Å². The quantitative estimate of drug-likeness (QED) is 0.723. The van der Waals surface area contributed by atoms with Crippen molar-refractivity contribution in [2.45, 2.75) is 38.6 Å². The van der Waals surface area contributed by atoms with Gasteiger partial charge in [-0.25, -0.2) is 9.37 Å². The van der Waals surface area contributed by atoms with Crippen LogP contribution in [0.4, 0.5) is 21.8 Å². The summed E-state index contributed by atoms with van der Waals surface area (Å²) in [6, 6.07) is 8.25. The van der Waals surface area contributed by atoms with Gasteiger partial charge in [-0.2, -0.15) is 4.98 Å². The van der Waals surface area contributed by atoms with Crippen LogP contribution < -0.4 is 10.6 Å². The van der Waals surface area contributed by atoms with E-state index in [0.717, 1.165) is 18.5 Å². The number of anilines is 3. The number of rotatable bonds is 7. The minimum Gasteiger partial charge on any atom is -0.394 e. The first-order valence-corrected chi connectivity index (χ1v) is 8.34. The molecule has 3 N–H and O–H groups in total. The van der Waals surface area contributed by atoms with Gasteiger partial charge < -0.3 is 15.7 Å². The summed E-state index contributed by atoms with van der Waals surface area (Å²) in [4.78, 5) is 9.00. The second-order valence-corrected chi connectivity index (χ2v) is 6.56. The Morgan fingerprint density at radius 2 is 2.00 bits per heavy atom. The van der Waals surface area contributed by atoms with Crippen LogP contribution in [0.5, 0.6) is 0 Å². The van der Waals surface area contributed by atoms with Crippen LogP contribution in [0.25, 0.3) is 0 Å². The lowest BCUT2D eigenvalue weighted by Gasteiger charge is -2.20. The maximum absolute atomic E-state index is 13.9. The lowest BCUT2D eigenvalue weighted by atomic mass is 10.1. The molecule has 1 heterocycles. The average Bonchev–Trinajstić information content (AvgIpc) is 3.39. The van der Waals surface area contributed by atoms with Crippen molar-refractivity contribution < 1.29 is 9.50 Å². The van der Waals surface area contributed by atoms with E-state index in [0.29, 0.717) is 23.4 Å². The molecule has 24 heavy (non-hydrogen) atoms. The number of aromatic nitrogens is 2. The van der Waals surface area contributed by atoms with Crippen LogP contribution in [0.1, 0.15) is 38.3 Å². The molecule has 0 saturated heterocycles. The first-order valence-electron chi connectivity index (χ1n) is 8.34. The van der Waals surface area contributed by atoms with E-state index in [9.17, 15) is 9.50 Å². The number of nitrogens with one attached hydrogen (secondary N) is 2. The van der Waals surface area contributed by atoms with Crippen molar-refractivity contribution in [3.8, 4) is 0 Å². The zero-order valence-corrected chi connectivity index (χ0v) is 14.0. The second-order valence-electron chi connectivity index (χ2n) is 6.56. The third-order valence-electron chi connectivity index (χ3n) is 4.19. The van der Waals surface area contributed by atoms with Crippen LogP contribution in [0.2, 0.25) is 0 Å². The molecule has 2 aromatic rings. The van der Waals surface area contributed by atoms with Crippen LogP contribution in [0.15, 0.2) is 30.3 Å². The number of hydrogen-bond donors (Lipinski definition) is 3. The molecule has 128 valence electrons. The van der Waals surface area contributed by atoms with E-state index < -0.39 is 0 Å². The second kappa shape index (κ2) is 7.13. The number of aliphatic hydroxyl groups is 1. The summed E-state index contributed by atoms with van der Waals surface area (Å²) in [5.74, 6) is 1.38. The Hall–Kier alpha value is -2.21. The van der Waals surface area contributed by atoms with Crippen LogP contribution in [-0.2, 0) is 0 Å². The minimum atomic E-state index is -0.325. The molecule has 0 amide bonds. The number of hydrogen-bond acceptors (Lipinski definition) is 5. The van der Waals surface area contributed by atoms with Gasteiger partial charge in [0.1, 0.15) is 11.6 Å². The molecule has 1 aromatic carbocycles. The first kappa shape index (κ1) is 16.6. The highest BCUT2D eigenvalue weighted by atomic mass is 19.1. The summed E-state index contributed by atoms with van der Waals surface area (Å²) in [5, 5.41) is 15.7. The maximum Gasteiger partial charge on any atom is 0.225 e. The van der Waals surface area contributed by atoms with E-state index in [4.69, 9.17) is 0 Å². The van der Waals surface area contributed by atoms with E-state index >= 15 is 0 Å². The minimum absolute atomic E-state index is 0.00472. The topological polar surface area (TPSA) is 70.1 Å². The summed E-state index contributed by atoms with van der Waals surface area (Å²) in [5.41, 5.74) is 1.33. The monoisotopic (exact) mass is 330 g/mol. The molecular formula is C18H23FN4O. The number of nitrogens with zero attached hydrogens (tertiary/aromatic N) is 2. The van der Waals surface area contributed by atoms with Crippen LogP contribution in [-0.4, -0.2) is 27.7 Å². The van der Waals surface area contributed by atoms with Crippen molar-refractivity contribution >= 4 is 17.5 Å². The molecule has 0 unspecified atom stereocenters. The molecule has 0 spiro atoms. The SMILES string of the molecule is CC(C)[C@H](CO)Nc1nc(Nc2ccccc2F)cc(C2CC2)n1. The lowest BCUT2D eigenvalue weighted by Crippen LogP contribution is -2.30. The van der Waals surface area contributed by atoms with Crippen LogP contribution in [0, 0.1) is 11.7 Å². The Morgan fingerprint density at radius 3 is 2.62 bits per heavy atom. The van der Waals surface area contributed by atoms with Gasteiger partial charge in [-0.05, 0) is 30.9 Å². The molecule has 1 saturated carbocycles. The van der Waals surface area contributed by atoms with E-state index in [-0.39, 0.29) is 24.4 Å². The van der Waals surface area contributed by atoms with Gasteiger partial charge in [-0.1, -0.05) is 26.0 Å². The van der Waals surface area contributed by atoms with Crippen LogP contribution >= 0.6 is 0 Å². The maximum atomic E-state index is 13.9. The normalized spacial score (nSPS) is 15.4. The van der Waals surface area contributed by atoms with Crippen LogP contribution in [0.3, 0.4) is 0 Å². The van der Waals surface area contributed by atoms with Crippen molar-refractivity contribution in [1.29, 1.82) is 0 Å². The van der Waals surface area contributed by atoms with Crippen molar-refractivity contribution in [2.24, 2.45) is 5.92 Å². The van der Waals surface area contributed by atoms with E-state index in [1.807, 2.05) is 19.9 Å². The third kappa shape index (κ3) is 4.00. The predicted molar refractivity (Wildman–Crippen MR) is 93.0 cm³/mol. The number of halogens is 1. The molecule has 0 radical (unpaired) electrons. The van der Waals surface area contributed by atoms with Gasteiger partial charge in [0.05, 0.1) is 24.0 Å². The zero-order valence-electron chi connectivity index (χ0n) is 14.0. The van der Waals surface area contributed by atoms with Gasteiger partial charge in [-0.15, -0.1) is 0 Å². The highest BCUT2D eigenvalue weighted by Crippen LogP contribution is 2.40. The smallest absolute Gasteiger partial charge is 0.225 e. The van der Waals surface area contributed by atoms with E-state index in [1.165, 1.54) is 6.07 Å². The van der Waals surface area contributed by atoms with Gasteiger partial charge in [0.2, 0.25) is 5.95 Å². The fraction of sp³-hybridized carbons (Fsp3) is 0.444.